The van der Waals surface area contributed by atoms with Crippen molar-refractivity contribution in [2.45, 2.75) is 4.90 Å². The maximum absolute atomic E-state index is 12.3. The van der Waals surface area contributed by atoms with Crippen LogP contribution in [0.4, 0.5) is 11.4 Å². The molecule has 0 fully saturated rings. The van der Waals surface area contributed by atoms with Crippen LogP contribution in [0.25, 0.3) is 10.8 Å². The lowest BCUT2D eigenvalue weighted by molar-refractivity contribution is -0.114. The number of fused-ring (bicyclic) bond motifs is 1. The molecule has 0 bridgehead atoms. The van der Waals surface area contributed by atoms with Gasteiger partial charge in [-0.15, -0.1) is 11.8 Å². The van der Waals surface area contributed by atoms with E-state index in [1.54, 1.807) is 11.8 Å². The molecule has 0 atom stereocenters. The highest BCUT2D eigenvalue weighted by molar-refractivity contribution is 7.98. The summed E-state index contributed by atoms with van der Waals surface area (Å²) in [5, 5.41) is 5.34. The molecule has 122 valence electrons. The van der Waals surface area contributed by atoms with Crippen molar-refractivity contribution in [1.29, 1.82) is 0 Å². The highest BCUT2D eigenvalue weighted by atomic mass is 32.2. The molecule has 1 N–H and O–H groups in total. The van der Waals surface area contributed by atoms with Crippen molar-refractivity contribution in [3.8, 4) is 0 Å². The molecular weight excluding hydrogens is 316 g/mol. The SMILES string of the molecule is CSc1cccc(NC(=O)CN(C)c2ccc3ccccc3c2)c1. The van der Waals surface area contributed by atoms with Crippen LogP contribution in [0.2, 0.25) is 0 Å². The highest BCUT2D eigenvalue weighted by Crippen LogP contribution is 2.22. The van der Waals surface area contributed by atoms with Gasteiger partial charge >= 0.3 is 0 Å². The number of hydrogen-bond acceptors (Lipinski definition) is 3. The lowest BCUT2D eigenvalue weighted by Crippen LogP contribution is -2.30. The first-order valence-electron chi connectivity index (χ1n) is 7.79. The van der Waals surface area contributed by atoms with Gasteiger partial charge in [0.25, 0.3) is 0 Å². The zero-order valence-electron chi connectivity index (χ0n) is 13.8. The van der Waals surface area contributed by atoms with E-state index in [0.717, 1.165) is 16.3 Å². The number of thioether (sulfide) groups is 1. The third-order valence-electron chi connectivity index (χ3n) is 3.91. The van der Waals surface area contributed by atoms with Crippen molar-refractivity contribution in [1.82, 2.24) is 0 Å². The van der Waals surface area contributed by atoms with Gasteiger partial charge in [0, 0.05) is 23.3 Å². The van der Waals surface area contributed by atoms with Crippen LogP contribution in [0.5, 0.6) is 0 Å². The summed E-state index contributed by atoms with van der Waals surface area (Å²) >= 11 is 1.66. The number of hydrogen-bond donors (Lipinski definition) is 1. The second-order valence-corrected chi connectivity index (χ2v) is 6.55. The van der Waals surface area contributed by atoms with Gasteiger partial charge in [-0.2, -0.15) is 0 Å². The number of anilines is 2. The second-order valence-electron chi connectivity index (χ2n) is 5.67. The Bertz CT molecular complexity index is 863. The van der Waals surface area contributed by atoms with Crippen molar-refractivity contribution in [3.05, 3.63) is 66.7 Å². The van der Waals surface area contributed by atoms with Gasteiger partial charge in [0.15, 0.2) is 0 Å². The van der Waals surface area contributed by atoms with E-state index in [-0.39, 0.29) is 5.91 Å². The molecule has 0 aliphatic heterocycles. The molecule has 0 heterocycles. The number of rotatable bonds is 5. The lowest BCUT2D eigenvalue weighted by atomic mass is 10.1. The largest absolute Gasteiger partial charge is 0.365 e. The number of nitrogens with one attached hydrogen (secondary N) is 1. The molecule has 0 aliphatic carbocycles. The van der Waals surface area contributed by atoms with E-state index in [4.69, 9.17) is 0 Å². The number of amides is 1. The Hall–Kier alpha value is -2.46. The Morgan fingerprint density at radius 1 is 1.00 bits per heavy atom. The van der Waals surface area contributed by atoms with Gasteiger partial charge < -0.3 is 10.2 Å². The fraction of sp³-hybridized carbons (Fsp3) is 0.150. The maximum Gasteiger partial charge on any atom is 0.243 e. The first-order valence-corrected chi connectivity index (χ1v) is 9.02. The third-order valence-corrected chi connectivity index (χ3v) is 4.63. The zero-order chi connectivity index (χ0) is 16.9. The van der Waals surface area contributed by atoms with E-state index in [1.807, 2.05) is 60.7 Å². The molecule has 3 rings (SSSR count). The molecule has 0 spiro atoms. The standard InChI is InChI=1S/C20H20N2OS/c1-22(18-11-10-15-6-3-4-7-16(15)12-18)14-20(23)21-17-8-5-9-19(13-17)24-2/h3-13H,14H2,1-2H3,(H,21,23). The monoisotopic (exact) mass is 336 g/mol. The molecule has 3 aromatic carbocycles. The molecule has 4 heteroatoms. The fourth-order valence-electron chi connectivity index (χ4n) is 2.62. The molecule has 0 saturated heterocycles. The first kappa shape index (κ1) is 16.4. The summed E-state index contributed by atoms with van der Waals surface area (Å²) in [4.78, 5) is 15.4. The van der Waals surface area contributed by atoms with Crippen molar-refractivity contribution >= 4 is 39.8 Å². The quantitative estimate of drug-likeness (QED) is 0.689. The Morgan fingerprint density at radius 2 is 1.79 bits per heavy atom. The summed E-state index contributed by atoms with van der Waals surface area (Å²) in [5.41, 5.74) is 1.86. The van der Waals surface area contributed by atoms with Crippen LogP contribution in [-0.4, -0.2) is 25.8 Å². The zero-order valence-corrected chi connectivity index (χ0v) is 14.6. The average molecular weight is 336 g/mol. The summed E-state index contributed by atoms with van der Waals surface area (Å²) in [5.74, 6) is -0.0242. The van der Waals surface area contributed by atoms with Crippen LogP contribution < -0.4 is 10.2 Å². The maximum atomic E-state index is 12.3. The van der Waals surface area contributed by atoms with E-state index >= 15 is 0 Å². The molecule has 0 aliphatic rings. The van der Waals surface area contributed by atoms with Crippen molar-refractivity contribution in [2.24, 2.45) is 0 Å². The van der Waals surface area contributed by atoms with Gasteiger partial charge in [-0.05, 0) is 47.4 Å². The van der Waals surface area contributed by atoms with Crippen LogP contribution in [0.3, 0.4) is 0 Å². The van der Waals surface area contributed by atoms with Gasteiger partial charge in [0.05, 0.1) is 6.54 Å². The number of carbonyl (C=O) groups excluding carboxylic acids is 1. The van der Waals surface area contributed by atoms with Crippen LogP contribution in [0.15, 0.2) is 71.6 Å². The summed E-state index contributed by atoms with van der Waals surface area (Å²) in [7, 11) is 1.93. The second kappa shape index (κ2) is 7.41. The molecule has 0 saturated carbocycles. The number of likely N-dealkylation sites (N-methyl/N-ethyl adjacent to an activating group) is 1. The van der Waals surface area contributed by atoms with Gasteiger partial charge in [-0.3, -0.25) is 4.79 Å². The van der Waals surface area contributed by atoms with Crippen molar-refractivity contribution in [3.63, 3.8) is 0 Å². The smallest absolute Gasteiger partial charge is 0.243 e. The molecule has 0 aromatic heterocycles. The average Bonchev–Trinajstić information content (AvgIpc) is 2.61. The topological polar surface area (TPSA) is 32.3 Å². The predicted molar refractivity (Wildman–Crippen MR) is 104 cm³/mol. The lowest BCUT2D eigenvalue weighted by Gasteiger charge is -2.19. The first-order chi connectivity index (χ1) is 11.7. The van der Waals surface area contributed by atoms with E-state index in [1.165, 1.54) is 10.8 Å². The van der Waals surface area contributed by atoms with E-state index in [9.17, 15) is 4.79 Å². The fourth-order valence-corrected chi connectivity index (χ4v) is 3.08. The molecule has 3 aromatic rings. The summed E-state index contributed by atoms with van der Waals surface area (Å²) in [6, 6.07) is 22.3. The Labute approximate surface area is 146 Å². The molecule has 0 radical (unpaired) electrons. The van der Waals surface area contributed by atoms with Gasteiger partial charge in [-0.25, -0.2) is 0 Å². The van der Waals surface area contributed by atoms with Gasteiger partial charge in [0.2, 0.25) is 5.91 Å². The third kappa shape index (κ3) is 3.89. The minimum Gasteiger partial charge on any atom is -0.365 e. The summed E-state index contributed by atoms with van der Waals surface area (Å²) in [6.07, 6.45) is 2.02. The Morgan fingerprint density at radius 3 is 2.58 bits per heavy atom. The minimum atomic E-state index is -0.0242. The molecule has 3 nitrogen and oxygen atoms in total. The van der Waals surface area contributed by atoms with Crippen molar-refractivity contribution < 1.29 is 4.79 Å². The van der Waals surface area contributed by atoms with E-state index in [0.29, 0.717) is 6.54 Å². The van der Waals surface area contributed by atoms with Crippen LogP contribution >= 0.6 is 11.8 Å². The summed E-state index contributed by atoms with van der Waals surface area (Å²) < 4.78 is 0. The molecule has 1 amide bonds. The van der Waals surface area contributed by atoms with Gasteiger partial charge in [-0.1, -0.05) is 36.4 Å². The highest BCUT2D eigenvalue weighted by Gasteiger charge is 2.09. The number of nitrogens with zero attached hydrogens (tertiary/aromatic N) is 1. The van der Waals surface area contributed by atoms with E-state index < -0.39 is 0 Å². The predicted octanol–water partition coefficient (Wildman–Crippen LogP) is 4.64. The molecular formula is C20H20N2OS. The minimum absolute atomic E-state index is 0.0242. The Kier molecular flexibility index (Phi) is 5.06. The Balaban J connectivity index is 1.68. The van der Waals surface area contributed by atoms with Crippen LogP contribution in [-0.2, 0) is 4.79 Å². The van der Waals surface area contributed by atoms with Gasteiger partial charge in [0.1, 0.15) is 0 Å². The van der Waals surface area contributed by atoms with Crippen LogP contribution in [0, 0.1) is 0 Å². The number of benzene rings is 3. The van der Waals surface area contributed by atoms with Crippen molar-refractivity contribution in [2.75, 3.05) is 30.1 Å². The molecule has 24 heavy (non-hydrogen) atoms. The van der Waals surface area contributed by atoms with E-state index in [2.05, 4.69) is 29.6 Å². The normalized spacial score (nSPS) is 10.6. The molecule has 0 unspecified atom stereocenters. The number of carbonyl (C=O) groups is 1. The van der Waals surface area contributed by atoms with Crippen LogP contribution in [0.1, 0.15) is 0 Å². The summed E-state index contributed by atoms with van der Waals surface area (Å²) in [6.45, 7) is 0.307.